The van der Waals surface area contributed by atoms with Crippen LogP contribution in [0.15, 0.2) is 224 Å². The molecule has 0 amide bonds. The topological polar surface area (TPSA) is 3.24 Å². The highest BCUT2D eigenvalue weighted by Crippen LogP contribution is 2.64. The molecule has 1 heteroatoms. The van der Waals surface area contributed by atoms with Crippen molar-refractivity contribution in [2.75, 3.05) is 4.90 Å². The van der Waals surface area contributed by atoms with Crippen molar-refractivity contribution in [3.8, 4) is 55.6 Å². The number of hydrogen-bond acceptors (Lipinski definition) is 1. The summed E-state index contributed by atoms with van der Waals surface area (Å²) in [6.45, 7) is 9.66. The molecular weight excluding hydrogens is 819 g/mol. The molecule has 13 rings (SSSR count). The number of fused-ring (bicyclic) bond motifs is 12. The first-order valence-electron chi connectivity index (χ1n) is 24.4. The molecule has 0 aromatic heterocycles. The second-order valence-corrected chi connectivity index (χ2v) is 20.7. The van der Waals surface area contributed by atoms with Crippen LogP contribution in [0.25, 0.3) is 66.4 Å². The lowest BCUT2D eigenvalue weighted by atomic mass is 9.63. The van der Waals surface area contributed by atoms with Gasteiger partial charge in [0.1, 0.15) is 0 Å². The molecule has 1 nitrogen and oxygen atoms in total. The average molecular weight is 872 g/mol. The van der Waals surface area contributed by atoms with Crippen LogP contribution >= 0.6 is 0 Å². The van der Waals surface area contributed by atoms with Crippen LogP contribution in [0.3, 0.4) is 0 Å². The predicted molar refractivity (Wildman–Crippen MR) is 287 cm³/mol. The Balaban J connectivity index is 1.04. The van der Waals surface area contributed by atoms with Crippen LogP contribution < -0.4 is 4.90 Å². The van der Waals surface area contributed by atoms with Crippen LogP contribution in [0.2, 0.25) is 0 Å². The van der Waals surface area contributed by atoms with Crippen LogP contribution in [0.1, 0.15) is 73.9 Å². The Hall–Kier alpha value is -7.74. The zero-order chi connectivity index (χ0) is 45.8. The molecule has 0 aliphatic heterocycles. The molecule has 10 aromatic rings. The van der Waals surface area contributed by atoms with E-state index in [1.165, 1.54) is 113 Å². The van der Waals surface area contributed by atoms with Crippen molar-refractivity contribution in [1.29, 1.82) is 0 Å². The van der Waals surface area contributed by atoms with E-state index >= 15 is 0 Å². The lowest BCUT2D eigenvalue weighted by molar-refractivity contribution is 0.332. The Morgan fingerprint density at radius 3 is 1.47 bits per heavy atom. The molecule has 0 saturated heterocycles. The van der Waals surface area contributed by atoms with Crippen molar-refractivity contribution in [1.82, 2.24) is 0 Å². The molecule has 326 valence electrons. The molecule has 0 fully saturated rings. The SMILES string of the molecule is CC1(C)CCC(C)(C)c2cc(-c3ccc(-c4cc5c(cc4N(c4ccccc4)c4ccc(-c6cccc7ccccc67)cc4)C4(c6ccccc6-c6ccccc64)c4ccccc4-5)cc3)ccc21. The largest absolute Gasteiger partial charge is 0.310 e. The second kappa shape index (κ2) is 15.1. The van der Waals surface area contributed by atoms with Gasteiger partial charge < -0.3 is 4.90 Å². The Bertz CT molecular complexity index is 3560. The zero-order valence-electron chi connectivity index (χ0n) is 39.2. The lowest BCUT2D eigenvalue weighted by Gasteiger charge is -2.42. The molecule has 3 aliphatic carbocycles. The molecule has 0 radical (unpaired) electrons. The van der Waals surface area contributed by atoms with Gasteiger partial charge in [0.2, 0.25) is 0 Å². The summed E-state index contributed by atoms with van der Waals surface area (Å²) >= 11 is 0. The number of hydrogen-bond donors (Lipinski definition) is 0. The van der Waals surface area contributed by atoms with E-state index in [1.807, 2.05) is 0 Å². The third-order valence-electron chi connectivity index (χ3n) is 16.0. The summed E-state index contributed by atoms with van der Waals surface area (Å²) in [6, 6.07) is 84.6. The van der Waals surface area contributed by atoms with Crippen molar-refractivity contribution in [3.63, 3.8) is 0 Å². The van der Waals surface area contributed by atoms with Crippen LogP contribution in [0, 0.1) is 0 Å². The summed E-state index contributed by atoms with van der Waals surface area (Å²) in [5.41, 5.74) is 24.1. The minimum absolute atomic E-state index is 0.141. The highest BCUT2D eigenvalue weighted by Gasteiger charge is 2.52. The molecule has 1 spiro atoms. The summed E-state index contributed by atoms with van der Waals surface area (Å²) in [5.74, 6) is 0. The summed E-state index contributed by atoms with van der Waals surface area (Å²) in [4.78, 5) is 2.49. The van der Waals surface area contributed by atoms with E-state index in [0.29, 0.717) is 0 Å². The van der Waals surface area contributed by atoms with Gasteiger partial charge in [0.25, 0.3) is 0 Å². The first-order chi connectivity index (χ1) is 33.2. The van der Waals surface area contributed by atoms with Crippen molar-refractivity contribution in [2.45, 2.75) is 56.8 Å². The maximum Gasteiger partial charge on any atom is 0.0726 e. The molecule has 0 N–H and O–H groups in total. The number of benzene rings is 10. The van der Waals surface area contributed by atoms with E-state index in [1.54, 1.807) is 0 Å². The lowest BCUT2D eigenvalue weighted by Crippen LogP contribution is -2.33. The summed E-state index contributed by atoms with van der Waals surface area (Å²) < 4.78 is 0. The van der Waals surface area contributed by atoms with Crippen LogP contribution in [0.4, 0.5) is 17.1 Å². The van der Waals surface area contributed by atoms with E-state index in [0.717, 1.165) is 17.1 Å². The maximum absolute atomic E-state index is 2.55. The molecule has 0 saturated carbocycles. The first kappa shape index (κ1) is 40.5. The predicted octanol–water partition coefficient (Wildman–Crippen LogP) is 18.0. The standard InChI is InChI=1S/C67H53N/c1-65(2)39-40-66(3,4)63-41-48(35-38-61(63)65)44-29-31-47(32-30-44)56-42-57-55-24-12-15-28-60(55)67(58-26-13-10-22-53(58)54-23-11-14-27-59(54)67)62(57)43-64(56)68(49-19-6-5-7-20-49)50-36-33-46(34-37-50)52-25-16-18-45-17-8-9-21-51(45)52/h5-38,41-43H,39-40H2,1-4H3. The molecule has 3 aliphatic rings. The van der Waals surface area contributed by atoms with Gasteiger partial charge in [-0.2, -0.15) is 0 Å². The highest BCUT2D eigenvalue weighted by atomic mass is 15.1. The van der Waals surface area contributed by atoms with Gasteiger partial charge in [-0.05, 0) is 154 Å². The van der Waals surface area contributed by atoms with Crippen molar-refractivity contribution >= 4 is 27.8 Å². The van der Waals surface area contributed by atoms with Gasteiger partial charge in [-0.3, -0.25) is 0 Å². The third-order valence-corrected chi connectivity index (χ3v) is 16.0. The maximum atomic E-state index is 2.55. The summed E-state index contributed by atoms with van der Waals surface area (Å²) in [5, 5.41) is 2.51. The minimum Gasteiger partial charge on any atom is -0.310 e. The van der Waals surface area contributed by atoms with Gasteiger partial charge >= 0.3 is 0 Å². The van der Waals surface area contributed by atoms with Gasteiger partial charge in [0, 0.05) is 16.9 Å². The number of rotatable bonds is 6. The zero-order valence-corrected chi connectivity index (χ0v) is 39.2. The highest BCUT2D eigenvalue weighted by molar-refractivity contribution is 6.01. The smallest absolute Gasteiger partial charge is 0.0726 e. The van der Waals surface area contributed by atoms with Gasteiger partial charge in [0.15, 0.2) is 0 Å². The number of nitrogens with zero attached hydrogens (tertiary/aromatic N) is 1. The fraction of sp³-hybridized carbons (Fsp3) is 0.134. The van der Waals surface area contributed by atoms with E-state index in [-0.39, 0.29) is 10.8 Å². The van der Waals surface area contributed by atoms with E-state index in [9.17, 15) is 0 Å². The van der Waals surface area contributed by atoms with Crippen molar-refractivity contribution in [3.05, 3.63) is 258 Å². The van der Waals surface area contributed by atoms with Crippen molar-refractivity contribution in [2.24, 2.45) is 0 Å². The Morgan fingerprint density at radius 1 is 0.309 bits per heavy atom. The fourth-order valence-electron chi connectivity index (χ4n) is 12.4. The first-order valence-corrected chi connectivity index (χ1v) is 24.4. The average Bonchev–Trinajstić information content (AvgIpc) is 3.85. The van der Waals surface area contributed by atoms with E-state index < -0.39 is 5.41 Å². The Kier molecular flexibility index (Phi) is 9.02. The van der Waals surface area contributed by atoms with Crippen LogP contribution in [0.5, 0.6) is 0 Å². The van der Waals surface area contributed by atoms with Crippen LogP contribution in [-0.4, -0.2) is 0 Å². The molecular formula is C67H53N. The molecule has 10 aromatic carbocycles. The van der Waals surface area contributed by atoms with Crippen LogP contribution in [-0.2, 0) is 16.2 Å². The van der Waals surface area contributed by atoms with Gasteiger partial charge in [0.05, 0.1) is 11.1 Å². The molecule has 0 bridgehead atoms. The number of anilines is 3. The Morgan fingerprint density at radius 2 is 0.794 bits per heavy atom. The molecule has 68 heavy (non-hydrogen) atoms. The quantitative estimate of drug-likeness (QED) is 0.161. The van der Waals surface area contributed by atoms with Gasteiger partial charge in [-0.25, -0.2) is 0 Å². The third kappa shape index (κ3) is 6.01. The van der Waals surface area contributed by atoms with Crippen molar-refractivity contribution < 1.29 is 0 Å². The fourth-order valence-corrected chi connectivity index (χ4v) is 12.4. The molecule has 0 heterocycles. The van der Waals surface area contributed by atoms with Gasteiger partial charge in [-0.15, -0.1) is 0 Å². The normalized spacial score (nSPS) is 15.3. The monoisotopic (exact) mass is 871 g/mol. The summed E-state index contributed by atoms with van der Waals surface area (Å²) in [6.07, 6.45) is 2.41. The van der Waals surface area contributed by atoms with E-state index in [2.05, 4.69) is 257 Å². The van der Waals surface area contributed by atoms with E-state index in [4.69, 9.17) is 0 Å². The minimum atomic E-state index is -0.481. The Labute approximate surface area is 401 Å². The van der Waals surface area contributed by atoms with Gasteiger partial charge in [-0.1, -0.05) is 216 Å². The molecule has 0 atom stereocenters. The summed E-state index contributed by atoms with van der Waals surface area (Å²) in [7, 11) is 0. The molecule has 0 unspecified atom stereocenters. The second-order valence-electron chi connectivity index (χ2n) is 20.7. The number of para-hydroxylation sites is 1.